The van der Waals surface area contributed by atoms with Gasteiger partial charge in [-0.25, -0.2) is 9.37 Å². The van der Waals surface area contributed by atoms with Gasteiger partial charge in [0.05, 0.1) is 10.7 Å². The lowest BCUT2D eigenvalue weighted by molar-refractivity contribution is 0.509. The van der Waals surface area contributed by atoms with E-state index in [1.807, 2.05) is 13.8 Å². The Hall–Kier alpha value is -0.970. The van der Waals surface area contributed by atoms with Crippen molar-refractivity contribution in [2.45, 2.75) is 33.2 Å². The third-order valence-electron chi connectivity index (χ3n) is 3.24. The van der Waals surface area contributed by atoms with Gasteiger partial charge in [0.25, 0.3) is 0 Å². The minimum atomic E-state index is -0.231. The summed E-state index contributed by atoms with van der Waals surface area (Å²) in [6, 6.07) is 4.57. The molecule has 0 spiro atoms. The summed E-state index contributed by atoms with van der Waals surface area (Å²) in [5.74, 6) is -0.231. The Morgan fingerprint density at radius 1 is 1.40 bits per heavy atom. The first-order valence-electron chi connectivity index (χ1n) is 6.62. The molecule has 0 aliphatic carbocycles. The molecule has 0 fully saturated rings. The zero-order chi connectivity index (χ0) is 14.7. The van der Waals surface area contributed by atoms with Crippen molar-refractivity contribution >= 4 is 22.9 Å². The molecule has 2 nitrogen and oxygen atoms in total. The maximum Gasteiger partial charge on any atom is 0.128 e. The maximum absolute atomic E-state index is 14.0. The molecule has 2 rings (SSSR count). The van der Waals surface area contributed by atoms with Gasteiger partial charge < -0.3 is 5.32 Å². The SMILES string of the molecule is CCNC(Cc1nc(C)c(C)s1)c1cc(Cl)ccc1F. The Morgan fingerprint density at radius 3 is 2.75 bits per heavy atom. The molecule has 0 bridgehead atoms. The van der Waals surface area contributed by atoms with Gasteiger partial charge in [-0.05, 0) is 38.6 Å². The number of aryl methyl sites for hydroxylation is 2. The number of hydrogen-bond acceptors (Lipinski definition) is 3. The number of halogens is 2. The Kier molecular flexibility index (Phi) is 5.13. The molecule has 5 heteroatoms. The lowest BCUT2D eigenvalue weighted by atomic mass is 10.0. The zero-order valence-electron chi connectivity index (χ0n) is 11.8. The van der Waals surface area contributed by atoms with E-state index in [0.29, 0.717) is 17.0 Å². The molecular weight excluding hydrogens is 295 g/mol. The monoisotopic (exact) mass is 312 g/mol. The van der Waals surface area contributed by atoms with Crippen molar-refractivity contribution in [3.8, 4) is 0 Å². The topological polar surface area (TPSA) is 24.9 Å². The van der Waals surface area contributed by atoms with Crippen LogP contribution in [0.3, 0.4) is 0 Å². The van der Waals surface area contributed by atoms with E-state index < -0.39 is 0 Å². The van der Waals surface area contributed by atoms with Crippen molar-refractivity contribution in [3.63, 3.8) is 0 Å². The molecule has 108 valence electrons. The van der Waals surface area contributed by atoms with E-state index in [1.165, 1.54) is 10.9 Å². The number of nitrogens with one attached hydrogen (secondary N) is 1. The van der Waals surface area contributed by atoms with Gasteiger partial charge in [0.15, 0.2) is 0 Å². The van der Waals surface area contributed by atoms with Gasteiger partial charge >= 0.3 is 0 Å². The highest BCUT2D eigenvalue weighted by atomic mass is 35.5. The van der Waals surface area contributed by atoms with Crippen LogP contribution in [0.15, 0.2) is 18.2 Å². The van der Waals surface area contributed by atoms with Crippen molar-refractivity contribution in [2.75, 3.05) is 6.54 Å². The van der Waals surface area contributed by atoms with Crippen molar-refractivity contribution in [1.82, 2.24) is 10.3 Å². The molecule has 1 unspecified atom stereocenters. The van der Waals surface area contributed by atoms with Crippen LogP contribution in [0.1, 0.15) is 34.1 Å². The van der Waals surface area contributed by atoms with E-state index in [1.54, 1.807) is 23.5 Å². The zero-order valence-corrected chi connectivity index (χ0v) is 13.4. The number of benzene rings is 1. The smallest absolute Gasteiger partial charge is 0.128 e. The van der Waals surface area contributed by atoms with Crippen LogP contribution in [0.2, 0.25) is 5.02 Å². The molecule has 1 N–H and O–H groups in total. The second-order valence-electron chi connectivity index (χ2n) is 4.73. The summed E-state index contributed by atoms with van der Waals surface area (Å²) < 4.78 is 14.0. The largest absolute Gasteiger partial charge is 0.310 e. The highest BCUT2D eigenvalue weighted by molar-refractivity contribution is 7.11. The first kappa shape index (κ1) is 15.4. The van der Waals surface area contributed by atoms with Crippen LogP contribution in [0.5, 0.6) is 0 Å². The molecule has 0 aliphatic heterocycles. The lowest BCUT2D eigenvalue weighted by Crippen LogP contribution is -2.24. The molecule has 0 saturated heterocycles. The summed E-state index contributed by atoms with van der Waals surface area (Å²) in [4.78, 5) is 5.74. The Morgan fingerprint density at radius 2 is 2.15 bits per heavy atom. The summed E-state index contributed by atoms with van der Waals surface area (Å²) in [6.45, 7) is 6.82. The van der Waals surface area contributed by atoms with E-state index in [-0.39, 0.29) is 11.9 Å². The van der Waals surface area contributed by atoms with Crippen LogP contribution in [0.4, 0.5) is 4.39 Å². The summed E-state index contributed by atoms with van der Waals surface area (Å²) >= 11 is 7.65. The minimum Gasteiger partial charge on any atom is -0.310 e. The first-order valence-corrected chi connectivity index (χ1v) is 7.82. The first-order chi connectivity index (χ1) is 9.51. The fourth-order valence-electron chi connectivity index (χ4n) is 2.12. The van der Waals surface area contributed by atoms with Crippen molar-refractivity contribution in [2.24, 2.45) is 0 Å². The summed E-state index contributed by atoms with van der Waals surface area (Å²) in [5.41, 5.74) is 1.65. The normalized spacial score (nSPS) is 12.7. The number of rotatable bonds is 5. The Labute approximate surface area is 128 Å². The minimum absolute atomic E-state index is 0.108. The second-order valence-corrected chi connectivity index (χ2v) is 6.45. The molecule has 0 radical (unpaired) electrons. The highest BCUT2D eigenvalue weighted by Gasteiger charge is 2.18. The quantitative estimate of drug-likeness (QED) is 0.882. The fourth-order valence-corrected chi connectivity index (χ4v) is 3.28. The van der Waals surface area contributed by atoms with Gasteiger partial charge in [-0.3, -0.25) is 0 Å². The van der Waals surface area contributed by atoms with Crippen LogP contribution in [-0.4, -0.2) is 11.5 Å². The molecule has 0 amide bonds. The van der Waals surface area contributed by atoms with E-state index in [0.717, 1.165) is 17.2 Å². The number of thiazole rings is 1. The Bertz CT molecular complexity index is 578. The summed E-state index contributed by atoms with van der Waals surface area (Å²) in [6.07, 6.45) is 0.671. The van der Waals surface area contributed by atoms with Gasteiger partial charge in [-0.2, -0.15) is 0 Å². The van der Waals surface area contributed by atoms with Crippen molar-refractivity contribution in [1.29, 1.82) is 0 Å². The number of nitrogens with zero attached hydrogens (tertiary/aromatic N) is 1. The van der Waals surface area contributed by atoms with E-state index >= 15 is 0 Å². The predicted molar refractivity (Wildman–Crippen MR) is 83.1 cm³/mol. The average molecular weight is 313 g/mol. The second kappa shape index (κ2) is 6.66. The fraction of sp³-hybridized carbons (Fsp3) is 0.400. The van der Waals surface area contributed by atoms with Gasteiger partial charge in [0.2, 0.25) is 0 Å². The van der Waals surface area contributed by atoms with Crippen LogP contribution in [0, 0.1) is 19.7 Å². The van der Waals surface area contributed by atoms with Crippen LogP contribution < -0.4 is 5.32 Å². The molecule has 1 atom stereocenters. The molecule has 1 aromatic carbocycles. The molecule has 20 heavy (non-hydrogen) atoms. The average Bonchev–Trinajstić information content (AvgIpc) is 2.71. The standard InChI is InChI=1S/C15H18ClFN2S/c1-4-18-14(8-15-19-9(2)10(3)20-15)12-7-11(16)5-6-13(12)17/h5-7,14,18H,4,8H2,1-3H3. The maximum atomic E-state index is 14.0. The number of aromatic nitrogens is 1. The van der Waals surface area contributed by atoms with Crippen molar-refractivity contribution < 1.29 is 4.39 Å². The predicted octanol–water partition coefficient (Wildman–Crippen LogP) is 4.45. The number of hydrogen-bond donors (Lipinski definition) is 1. The Balaban J connectivity index is 2.28. The van der Waals surface area contributed by atoms with Gasteiger partial charge in [0, 0.05) is 27.9 Å². The van der Waals surface area contributed by atoms with Crippen LogP contribution >= 0.6 is 22.9 Å². The number of likely N-dealkylation sites (N-methyl/N-ethyl adjacent to an activating group) is 1. The summed E-state index contributed by atoms with van der Waals surface area (Å²) in [5, 5.41) is 4.88. The van der Waals surface area contributed by atoms with Gasteiger partial charge in [-0.1, -0.05) is 18.5 Å². The third-order valence-corrected chi connectivity index (χ3v) is 4.57. The van der Waals surface area contributed by atoms with E-state index in [9.17, 15) is 4.39 Å². The lowest BCUT2D eigenvalue weighted by Gasteiger charge is -2.18. The van der Waals surface area contributed by atoms with Crippen molar-refractivity contribution in [3.05, 3.63) is 50.2 Å². The van der Waals surface area contributed by atoms with E-state index in [2.05, 4.69) is 17.2 Å². The van der Waals surface area contributed by atoms with Crippen LogP contribution in [-0.2, 0) is 6.42 Å². The van der Waals surface area contributed by atoms with Gasteiger partial charge in [-0.15, -0.1) is 11.3 Å². The third kappa shape index (κ3) is 3.57. The molecule has 2 aromatic rings. The molecule has 0 saturated carbocycles. The van der Waals surface area contributed by atoms with E-state index in [4.69, 9.17) is 11.6 Å². The van der Waals surface area contributed by atoms with Gasteiger partial charge in [0.1, 0.15) is 5.82 Å². The van der Waals surface area contributed by atoms with Crippen LogP contribution in [0.25, 0.3) is 0 Å². The molecular formula is C15H18ClFN2S. The summed E-state index contributed by atoms with van der Waals surface area (Å²) in [7, 11) is 0. The molecule has 1 aromatic heterocycles. The molecule has 1 heterocycles. The highest BCUT2D eigenvalue weighted by Crippen LogP contribution is 2.27. The molecule has 0 aliphatic rings.